The Morgan fingerprint density at radius 2 is 1.73 bits per heavy atom. The molecule has 2 rings (SSSR count). The molecule has 0 spiro atoms. The van der Waals surface area contributed by atoms with E-state index in [1.165, 1.54) is 0 Å². The molecule has 0 aliphatic heterocycles. The van der Waals surface area contributed by atoms with Crippen molar-refractivity contribution in [3.8, 4) is 0 Å². The minimum Gasteiger partial charge on any atom is -0.206 e. The molecule has 0 bridgehead atoms. The second-order valence-corrected chi connectivity index (χ2v) is 2.93. The molecule has 1 aromatic carbocycles. The molecule has 1 saturated carbocycles. The molecule has 1 aliphatic rings. The number of benzene rings is 1. The molecule has 1 unspecified atom stereocenters. The molecule has 0 heterocycles. The van der Waals surface area contributed by atoms with E-state index in [1.54, 1.807) is 24.3 Å². The summed E-state index contributed by atoms with van der Waals surface area (Å²) in [6.45, 7) is 0. The second-order valence-electron chi connectivity index (χ2n) is 2.93. The third kappa shape index (κ3) is 1.13. The minimum atomic E-state index is -2.43. The van der Waals surface area contributed by atoms with Gasteiger partial charge < -0.3 is 0 Å². The third-order valence-corrected chi connectivity index (χ3v) is 2.03. The number of rotatable bonds is 1. The quantitative estimate of drug-likeness (QED) is 0.583. The zero-order chi connectivity index (χ0) is 7.90. The Balaban J connectivity index is 2.21. The van der Waals surface area contributed by atoms with E-state index in [9.17, 15) is 8.78 Å². The van der Waals surface area contributed by atoms with Crippen LogP contribution < -0.4 is 0 Å². The van der Waals surface area contributed by atoms with Gasteiger partial charge in [0.1, 0.15) is 0 Å². The maximum absolute atomic E-state index is 12.5. The van der Waals surface area contributed by atoms with E-state index in [0.717, 1.165) is 5.56 Å². The van der Waals surface area contributed by atoms with Crippen molar-refractivity contribution in [3.63, 3.8) is 0 Å². The van der Waals surface area contributed by atoms with Crippen LogP contribution in [0.1, 0.15) is 17.9 Å². The molecule has 58 valence electrons. The molecule has 0 radical (unpaired) electrons. The molecule has 1 aliphatic carbocycles. The van der Waals surface area contributed by atoms with Gasteiger partial charge in [-0.3, -0.25) is 0 Å². The largest absolute Gasteiger partial charge is 0.255 e. The van der Waals surface area contributed by atoms with Gasteiger partial charge in [0.25, 0.3) is 5.92 Å². The lowest BCUT2D eigenvalue weighted by Crippen LogP contribution is -1.91. The fourth-order valence-electron chi connectivity index (χ4n) is 1.26. The van der Waals surface area contributed by atoms with Crippen LogP contribution in [-0.2, 0) is 0 Å². The first-order valence-corrected chi connectivity index (χ1v) is 3.63. The van der Waals surface area contributed by atoms with Crippen molar-refractivity contribution in [2.45, 2.75) is 18.3 Å². The van der Waals surface area contributed by atoms with Gasteiger partial charge in [0, 0.05) is 6.42 Å². The monoisotopic (exact) mass is 154 g/mol. The Morgan fingerprint density at radius 3 is 2.18 bits per heavy atom. The van der Waals surface area contributed by atoms with Crippen LogP contribution in [0.4, 0.5) is 8.78 Å². The molecule has 0 nitrogen and oxygen atoms in total. The Morgan fingerprint density at radius 1 is 1.18 bits per heavy atom. The highest BCUT2D eigenvalue weighted by molar-refractivity contribution is 5.28. The molecule has 11 heavy (non-hydrogen) atoms. The lowest BCUT2D eigenvalue weighted by Gasteiger charge is -1.96. The van der Waals surface area contributed by atoms with E-state index in [-0.39, 0.29) is 6.42 Å². The first-order chi connectivity index (χ1) is 5.20. The van der Waals surface area contributed by atoms with Gasteiger partial charge in [0.05, 0.1) is 5.92 Å². The third-order valence-electron chi connectivity index (χ3n) is 2.03. The van der Waals surface area contributed by atoms with Crippen molar-refractivity contribution in [1.82, 2.24) is 0 Å². The normalized spacial score (nSPS) is 26.5. The first kappa shape index (κ1) is 6.77. The molecule has 1 aromatic rings. The van der Waals surface area contributed by atoms with Crippen LogP contribution in [0.25, 0.3) is 0 Å². The highest BCUT2D eigenvalue weighted by Crippen LogP contribution is 2.55. The van der Waals surface area contributed by atoms with Crippen molar-refractivity contribution in [3.05, 3.63) is 35.9 Å². The van der Waals surface area contributed by atoms with Crippen LogP contribution in [0.2, 0.25) is 0 Å². The van der Waals surface area contributed by atoms with E-state index >= 15 is 0 Å². The van der Waals surface area contributed by atoms with Gasteiger partial charge in [-0.15, -0.1) is 0 Å². The van der Waals surface area contributed by atoms with Crippen LogP contribution in [0.3, 0.4) is 0 Å². The lowest BCUT2D eigenvalue weighted by molar-refractivity contribution is 0.112. The lowest BCUT2D eigenvalue weighted by atomic mass is 10.1. The van der Waals surface area contributed by atoms with Gasteiger partial charge in [-0.2, -0.15) is 0 Å². The smallest absolute Gasteiger partial charge is 0.206 e. The van der Waals surface area contributed by atoms with Gasteiger partial charge >= 0.3 is 0 Å². The zero-order valence-corrected chi connectivity index (χ0v) is 5.93. The summed E-state index contributed by atoms with van der Waals surface area (Å²) in [5.41, 5.74) is 0.762. The summed E-state index contributed by atoms with van der Waals surface area (Å²) in [5.74, 6) is -2.94. The molecule has 1 atom stereocenters. The molecule has 1 fully saturated rings. The van der Waals surface area contributed by atoms with Crippen molar-refractivity contribution < 1.29 is 8.78 Å². The highest BCUT2D eigenvalue weighted by atomic mass is 19.3. The zero-order valence-electron chi connectivity index (χ0n) is 5.93. The summed E-state index contributed by atoms with van der Waals surface area (Å²) in [6.07, 6.45) is 0.0248. The predicted octanol–water partition coefficient (Wildman–Crippen LogP) is 2.81. The molecule has 0 saturated heterocycles. The van der Waals surface area contributed by atoms with Crippen LogP contribution in [0.5, 0.6) is 0 Å². The predicted molar refractivity (Wildman–Crippen MR) is 38.7 cm³/mol. The average molecular weight is 154 g/mol. The molecule has 2 heteroatoms. The first-order valence-electron chi connectivity index (χ1n) is 3.63. The van der Waals surface area contributed by atoms with Crippen molar-refractivity contribution >= 4 is 0 Å². The summed E-state index contributed by atoms with van der Waals surface area (Å²) in [6, 6.07) is 8.94. The standard InChI is InChI=1S/C9H8F2/c10-9(11)6-8(9)7-4-2-1-3-5-7/h1-5,8H,6H2. The maximum Gasteiger partial charge on any atom is 0.255 e. The topological polar surface area (TPSA) is 0 Å². The van der Waals surface area contributed by atoms with Gasteiger partial charge in [0.2, 0.25) is 0 Å². The van der Waals surface area contributed by atoms with Crippen molar-refractivity contribution in [1.29, 1.82) is 0 Å². The fraction of sp³-hybridized carbons (Fsp3) is 0.333. The minimum absolute atomic E-state index is 0.0248. The molecular formula is C9H8F2. The van der Waals surface area contributed by atoms with E-state index < -0.39 is 11.8 Å². The molecule has 0 aromatic heterocycles. The molecule has 0 N–H and O–H groups in total. The summed E-state index contributed by atoms with van der Waals surface area (Å²) in [4.78, 5) is 0. The fourth-order valence-corrected chi connectivity index (χ4v) is 1.26. The summed E-state index contributed by atoms with van der Waals surface area (Å²) in [7, 11) is 0. The van der Waals surface area contributed by atoms with Crippen LogP contribution in [-0.4, -0.2) is 5.92 Å². The van der Waals surface area contributed by atoms with E-state index in [1.807, 2.05) is 6.07 Å². The Kier molecular flexibility index (Phi) is 1.25. The van der Waals surface area contributed by atoms with E-state index in [4.69, 9.17) is 0 Å². The number of hydrogen-bond acceptors (Lipinski definition) is 0. The number of hydrogen-bond donors (Lipinski definition) is 0. The Hall–Kier alpha value is -0.920. The molecule has 0 amide bonds. The number of halogens is 2. The van der Waals surface area contributed by atoms with Gasteiger partial charge in [0.15, 0.2) is 0 Å². The second kappa shape index (κ2) is 2.03. The van der Waals surface area contributed by atoms with Crippen LogP contribution in [0.15, 0.2) is 30.3 Å². The average Bonchev–Trinajstić information content (AvgIpc) is 2.62. The summed E-state index contributed by atoms with van der Waals surface area (Å²) >= 11 is 0. The van der Waals surface area contributed by atoms with Crippen LogP contribution in [0, 0.1) is 0 Å². The van der Waals surface area contributed by atoms with E-state index in [2.05, 4.69) is 0 Å². The van der Waals surface area contributed by atoms with Gasteiger partial charge in [-0.25, -0.2) is 8.78 Å². The van der Waals surface area contributed by atoms with Crippen LogP contribution >= 0.6 is 0 Å². The van der Waals surface area contributed by atoms with Crippen molar-refractivity contribution in [2.24, 2.45) is 0 Å². The molecular weight excluding hydrogens is 146 g/mol. The van der Waals surface area contributed by atoms with Gasteiger partial charge in [-0.05, 0) is 5.56 Å². The van der Waals surface area contributed by atoms with Crippen molar-refractivity contribution in [2.75, 3.05) is 0 Å². The Labute approximate surface area is 63.9 Å². The summed E-state index contributed by atoms with van der Waals surface area (Å²) in [5, 5.41) is 0. The summed E-state index contributed by atoms with van der Waals surface area (Å²) < 4.78 is 25.0. The van der Waals surface area contributed by atoms with Gasteiger partial charge in [-0.1, -0.05) is 30.3 Å². The highest BCUT2D eigenvalue weighted by Gasteiger charge is 2.57. The maximum atomic E-state index is 12.5. The SMILES string of the molecule is FC1(F)CC1c1ccccc1. The Bertz CT molecular complexity index is 254. The van der Waals surface area contributed by atoms with E-state index in [0.29, 0.717) is 0 Å². The number of alkyl halides is 2.